The van der Waals surface area contributed by atoms with E-state index < -0.39 is 0 Å². The zero-order valence-corrected chi connectivity index (χ0v) is 10.9. The summed E-state index contributed by atoms with van der Waals surface area (Å²) in [6, 6.07) is 8.76. The quantitative estimate of drug-likeness (QED) is 0.846. The molecule has 1 saturated heterocycles. The summed E-state index contributed by atoms with van der Waals surface area (Å²) >= 11 is 0. The van der Waals surface area contributed by atoms with Crippen LogP contribution in [0.25, 0.3) is 0 Å². The van der Waals surface area contributed by atoms with Gasteiger partial charge in [0, 0.05) is 52.0 Å². The van der Waals surface area contributed by atoms with Crippen molar-refractivity contribution in [2.75, 3.05) is 51.2 Å². The van der Waals surface area contributed by atoms with E-state index in [1.54, 1.807) is 0 Å². The van der Waals surface area contributed by atoms with Crippen LogP contribution in [0.1, 0.15) is 5.56 Å². The molecule has 0 amide bonds. The molecule has 1 aromatic rings. The lowest BCUT2D eigenvalue weighted by molar-refractivity contribution is 0.246. The number of benzene rings is 1. The van der Waals surface area contributed by atoms with Gasteiger partial charge in [-0.05, 0) is 19.1 Å². The summed E-state index contributed by atoms with van der Waals surface area (Å²) < 4.78 is 0. The molecule has 0 aliphatic carbocycles. The molecule has 3 nitrogen and oxygen atoms in total. The van der Waals surface area contributed by atoms with Crippen molar-refractivity contribution in [2.24, 2.45) is 0 Å². The molecule has 1 aromatic carbocycles. The molecule has 3 heteroatoms. The second-order valence-corrected chi connectivity index (χ2v) is 4.85. The summed E-state index contributed by atoms with van der Waals surface area (Å²) in [7, 11) is 2.17. The molecular formula is C14H23N3. The fraction of sp³-hybridized carbons (Fsp3) is 0.571. The Morgan fingerprint density at radius 2 is 1.82 bits per heavy atom. The lowest BCUT2D eigenvalue weighted by atomic mass is 10.2. The minimum atomic E-state index is 1.10. The lowest BCUT2D eigenvalue weighted by Crippen LogP contribution is -2.46. The van der Waals surface area contributed by atoms with Crippen LogP contribution in [0.5, 0.6) is 0 Å². The highest BCUT2D eigenvalue weighted by Crippen LogP contribution is 2.13. The van der Waals surface area contributed by atoms with E-state index in [4.69, 9.17) is 0 Å². The van der Waals surface area contributed by atoms with Crippen LogP contribution in [-0.2, 0) is 0 Å². The van der Waals surface area contributed by atoms with Gasteiger partial charge >= 0.3 is 0 Å². The van der Waals surface area contributed by atoms with Crippen molar-refractivity contribution in [3.63, 3.8) is 0 Å². The molecule has 1 fully saturated rings. The largest absolute Gasteiger partial charge is 0.373 e. The summed E-state index contributed by atoms with van der Waals surface area (Å²) in [4.78, 5) is 4.86. The van der Waals surface area contributed by atoms with Crippen molar-refractivity contribution in [3.8, 4) is 0 Å². The molecule has 0 atom stereocenters. The van der Waals surface area contributed by atoms with Gasteiger partial charge in [-0.2, -0.15) is 0 Å². The molecule has 2 rings (SSSR count). The van der Waals surface area contributed by atoms with Crippen LogP contribution in [0.4, 0.5) is 5.69 Å². The highest BCUT2D eigenvalue weighted by molar-refractivity contribution is 5.46. The SMILES string of the molecule is Cc1ccc(N(C)CCN2CCNCC2)cc1. The number of aryl methyl sites for hydroxylation is 1. The number of nitrogens with zero attached hydrogens (tertiary/aromatic N) is 2. The van der Waals surface area contributed by atoms with Gasteiger partial charge in [-0.15, -0.1) is 0 Å². The Hall–Kier alpha value is -1.06. The zero-order valence-electron chi connectivity index (χ0n) is 10.9. The van der Waals surface area contributed by atoms with Crippen molar-refractivity contribution >= 4 is 5.69 Å². The number of piperazine rings is 1. The molecule has 0 aromatic heterocycles. The number of rotatable bonds is 4. The molecule has 0 unspecified atom stereocenters. The van der Waals surface area contributed by atoms with Crippen molar-refractivity contribution in [1.82, 2.24) is 10.2 Å². The number of hydrogen-bond donors (Lipinski definition) is 1. The van der Waals surface area contributed by atoms with E-state index in [-0.39, 0.29) is 0 Å². The van der Waals surface area contributed by atoms with Crippen LogP contribution in [0.3, 0.4) is 0 Å². The second kappa shape index (κ2) is 6.03. The Morgan fingerprint density at radius 3 is 2.47 bits per heavy atom. The summed E-state index contributed by atoms with van der Waals surface area (Å²) in [5.41, 5.74) is 2.63. The maximum atomic E-state index is 3.38. The summed E-state index contributed by atoms with van der Waals surface area (Å²) in [5.74, 6) is 0. The van der Waals surface area contributed by atoms with E-state index in [1.165, 1.54) is 24.3 Å². The molecule has 0 radical (unpaired) electrons. The minimum Gasteiger partial charge on any atom is -0.373 e. The summed E-state index contributed by atoms with van der Waals surface area (Å²) in [6.07, 6.45) is 0. The number of nitrogens with one attached hydrogen (secondary N) is 1. The van der Waals surface area contributed by atoms with Crippen LogP contribution in [0.2, 0.25) is 0 Å². The van der Waals surface area contributed by atoms with Gasteiger partial charge in [-0.25, -0.2) is 0 Å². The molecule has 0 bridgehead atoms. The van der Waals surface area contributed by atoms with Crippen molar-refractivity contribution in [3.05, 3.63) is 29.8 Å². The minimum absolute atomic E-state index is 1.10. The van der Waals surface area contributed by atoms with Crippen molar-refractivity contribution in [1.29, 1.82) is 0 Å². The van der Waals surface area contributed by atoms with Gasteiger partial charge in [0.05, 0.1) is 0 Å². The maximum Gasteiger partial charge on any atom is 0.0364 e. The maximum absolute atomic E-state index is 3.38. The first-order valence-corrected chi connectivity index (χ1v) is 6.46. The first-order chi connectivity index (χ1) is 8.25. The van der Waals surface area contributed by atoms with Crippen LogP contribution < -0.4 is 10.2 Å². The fourth-order valence-electron chi connectivity index (χ4n) is 2.15. The summed E-state index contributed by atoms with van der Waals surface area (Å²) in [6.45, 7) is 9.02. The van der Waals surface area contributed by atoms with Gasteiger partial charge in [0.2, 0.25) is 0 Å². The van der Waals surface area contributed by atoms with E-state index in [2.05, 4.69) is 53.4 Å². The molecule has 0 spiro atoms. The third-order valence-electron chi connectivity index (χ3n) is 3.44. The molecule has 1 heterocycles. The van der Waals surface area contributed by atoms with Crippen molar-refractivity contribution in [2.45, 2.75) is 6.92 Å². The Bertz CT molecular complexity index is 328. The number of hydrogen-bond acceptors (Lipinski definition) is 3. The van der Waals surface area contributed by atoms with Gasteiger partial charge in [0.1, 0.15) is 0 Å². The Labute approximate surface area is 104 Å². The van der Waals surface area contributed by atoms with Gasteiger partial charge in [0.25, 0.3) is 0 Å². The van der Waals surface area contributed by atoms with E-state index in [1.807, 2.05) is 0 Å². The third-order valence-corrected chi connectivity index (χ3v) is 3.44. The predicted molar refractivity (Wildman–Crippen MR) is 73.8 cm³/mol. The van der Waals surface area contributed by atoms with Crippen LogP contribution >= 0.6 is 0 Å². The predicted octanol–water partition coefficient (Wildman–Crippen LogP) is 1.34. The van der Waals surface area contributed by atoms with Crippen LogP contribution in [0.15, 0.2) is 24.3 Å². The average molecular weight is 233 g/mol. The van der Waals surface area contributed by atoms with Gasteiger partial charge in [-0.3, -0.25) is 4.90 Å². The first-order valence-electron chi connectivity index (χ1n) is 6.46. The van der Waals surface area contributed by atoms with Crippen LogP contribution in [0, 0.1) is 6.92 Å². The normalized spacial score (nSPS) is 17.1. The number of likely N-dealkylation sites (N-methyl/N-ethyl adjacent to an activating group) is 1. The van der Waals surface area contributed by atoms with Crippen LogP contribution in [-0.4, -0.2) is 51.2 Å². The van der Waals surface area contributed by atoms with Crippen molar-refractivity contribution < 1.29 is 0 Å². The van der Waals surface area contributed by atoms with Gasteiger partial charge in [-0.1, -0.05) is 17.7 Å². The molecular weight excluding hydrogens is 210 g/mol. The smallest absolute Gasteiger partial charge is 0.0364 e. The molecule has 0 saturated carbocycles. The second-order valence-electron chi connectivity index (χ2n) is 4.85. The first kappa shape index (κ1) is 12.4. The number of anilines is 1. The Kier molecular flexibility index (Phi) is 4.40. The van der Waals surface area contributed by atoms with E-state index >= 15 is 0 Å². The molecule has 1 aliphatic rings. The van der Waals surface area contributed by atoms with Gasteiger partial charge in [0.15, 0.2) is 0 Å². The van der Waals surface area contributed by atoms with E-state index in [0.29, 0.717) is 0 Å². The monoisotopic (exact) mass is 233 g/mol. The molecule has 1 N–H and O–H groups in total. The topological polar surface area (TPSA) is 18.5 Å². The standard InChI is InChI=1S/C14H23N3/c1-13-3-5-14(6-4-13)16(2)11-12-17-9-7-15-8-10-17/h3-6,15H,7-12H2,1-2H3. The van der Waals surface area contributed by atoms with E-state index in [9.17, 15) is 0 Å². The Morgan fingerprint density at radius 1 is 1.18 bits per heavy atom. The summed E-state index contributed by atoms with van der Waals surface area (Å²) in [5, 5.41) is 3.38. The molecule has 1 aliphatic heterocycles. The Balaban J connectivity index is 1.80. The highest BCUT2D eigenvalue weighted by atomic mass is 15.2. The third kappa shape index (κ3) is 3.72. The molecule has 17 heavy (non-hydrogen) atoms. The molecule has 94 valence electrons. The highest BCUT2D eigenvalue weighted by Gasteiger charge is 2.10. The fourth-order valence-corrected chi connectivity index (χ4v) is 2.15. The van der Waals surface area contributed by atoms with E-state index in [0.717, 1.165) is 26.2 Å². The zero-order chi connectivity index (χ0) is 12.1. The average Bonchev–Trinajstić information content (AvgIpc) is 2.38. The van der Waals surface area contributed by atoms with Gasteiger partial charge < -0.3 is 10.2 Å². The lowest BCUT2D eigenvalue weighted by Gasteiger charge is -2.29.